The minimum absolute atomic E-state index is 0.00192. The standard InChI is InChI=1S/C12H16BrNO2/c1-3-8-9(7(2)14)6-10-12(11(8)13)16-5-4-15-10/h6-7H,3-5,14H2,1-2H3. The van der Waals surface area contributed by atoms with E-state index in [1.807, 2.05) is 13.0 Å². The van der Waals surface area contributed by atoms with Gasteiger partial charge in [-0.1, -0.05) is 6.92 Å². The summed E-state index contributed by atoms with van der Waals surface area (Å²) in [5, 5.41) is 0. The van der Waals surface area contributed by atoms with Gasteiger partial charge in [0.25, 0.3) is 0 Å². The summed E-state index contributed by atoms with van der Waals surface area (Å²) in [6.45, 7) is 5.30. The van der Waals surface area contributed by atoms with Crippen LogP contribution < -0.4 is 15.2 Å². The van der Waals surface area contributed by atoms with Crippen molar-refractivity contribution in [1.82, 2.24) is 0 Å². The lowest BCUT2D eigenvalue weighted by Crippen LogP contribution is -2.18. The molecule has 3 nitrogen and oxygen atoms in total. The van der Waals surface area contributed by atoms with Gasteiger partial charge in [0.1, 0.15) is 13.2 Å². The molecule has 16 heavy (non-hydrogen) atoms. The maximum atomic E-state index is 5.97. The van der Waals surface area contributed by atoms with E-state index in [0.717, 1.165) is 28.0 Å². The highest BCUT2D eigenvalue weighted by atomic mass is 79.9. The van der Waals surface area contributed by atoms with Crippen molar-refractivity contribution in [3.63, 3.8) is 0 Å². The summed E-state index contributed by atoms with van der Waals surface area (Å²) >= 11 is 3.59. The van der Waals surface area contributed by atoms with Crippen molar-refractivity contribution in [1.29, 1.82) is 0 Å². The molecule has 1 heterocycles. The van der Waals surface area contributed by atoms with Crippen LogP contribution in [-0.2, 0) is 6.42 Å². The van der Waals surface area contributed by atoms with Crippen LogP contribution in [0.1, 0.15) is 31.0 Å². The van der Waals surface area contributed by atoms with Crippen molar-refractivity contribution in [2.75, 3.05) is 13.2 Å². The predicted molar refractivity (Wildman–Crippen MR) is 67.1 cm³/mol. The molecule has 0 fully saturated rings. The van der Waals surface area contributed by atoms with Gasteiger partial charge in [-0.3, -0.25) is 0 Å². The van der Waals surface area contributed by atoms with E-state index >= 15 is 0 Å². The van der Waals surface area contributed by atoms with Crippen LogP contribution in [0.25, 0.3) is 0 Å². The molecule has 0 bridgehead atoms. The van der Waals surface area contributed by atoms with Crippen molar-refractivity contribution in [3.8, 4) is 11.5 Å². The summed E-state index contributed by atoms with van der Waals surface area (Å²) in [5.41, 5.74) is 8.31. The van der Waals surface area contributed by atoms with Gasteiger partial charge in [-0.25, -0.2) is 0 Å². The largest absolute Gasteiger partial charge is 0.486 e. The molecule has 1 aromatic rings. The minimum Gasteiger partial charge on any atom is -0.486 e. The Morgan fingerprint density at radius 1 is 1.44 bits per heavy atom. The fourth-order valence-corrected chi connectivity index (χ4v) is 2.79. The Labute approximate surface area is 104 Å². The number of nitrogens with two attached hydrogens (primary N) is 1. The topological polar surface area (TPSA) is 44.5 Å². The average molecular weight is 286 g/mol. The molecule has 1 atom stereocenters. The van der Waals surface area contributed by atoms with Crippen molar-refractivity contribution < 1.29 is 9.47 Å². The molecule has 1 aromatic carbocycles. The highest BCUT2D eigenvalue weighted by Gasteiger charge is 2.21. The van der Waals surface area contributed by atoms with Crippen molar-refractivity contribution >= 4 is 15.9 Å². The molecule has 1 unspecified atom stereocenters. The molecule has 1 aliphatic heterocycles. The first-order valence-electron chi connectivity index (χ1n) is 5.51. The van der Waals surface area contributed by atoms with E-state index in [-0.39, 0.29) is 6.04 Å². The number of hydrogen-bond acceptors (Lipinski definition) is 3. The van der Waals surface area contributed by atoms with E-state index in [1.54, 1.807) is 0 Å². The SMILES string of the molecule is CCc1c(C(C)N)cc2c(c1Br)OCCO2. The lowest BCUT2D eigenvalue weighted by molar-refractivity contribution is 0.170. The number of halogens is 1. The van der Waals surface area contributed by atoms with Gasteiger partial charge in [0, 0.05) is 6.04 Å². The van der Waals surface area contributed by atoms with Gasteiger partial charge < -0.3 is 15.2 Å². The highest BCUT2D eigenvalue weighted by molar-refractivity contribution is 9.10. The van der Waals surface area contributed by atoms with E-state index in [1.165, 1.54) is 5.56 Å². The Balaban J connectivity index is 2.59. The molecule has 0 amide bonds. The summed E-state index contributed by atoms with van der Waals surface area (Å²) in [5.74, 6) is 1.61. The molecule has 0 aromatic heterocycles. The van der Waals surface area contributed by atoms with Gasteiger partial charge in [-0.05, 0) is 46.5 Å². The van der Waals surface area contributed by atoms with E-state index in [2.05, 4.69) is 22.9 Å². The maximum absolute atomic E-state index is 5.97. The smallest absolute Gasteiger partial charge is 0.175 e. The second kappa shape index (κ2) is 4.63. The van der Waals surface area contributed by atoms with Crippen LogP contribution in [0.2, 0.25) is 0 Å². The summed E-state index contributed by atoms with van der Waals surface area (Å²) in [6, 6.07) is 2.00. The first-order chi connectivity index (χ1) is 7.65. The third-order valence-electron chi connectivity index (χ3n) is 2.75. The molecule has 1 aliphatic rings. The molecule has 0 aliphatic carbocycles. The van der Waals surface area contributed by atoms with E-state index < -0.39 is 0 Å². The average Bonchev–Trinajstić information content (AvgIpc) is 2.29. The quantitative estimate of drug-likeness (QED) is 0.909. The second-order valence-corrected chi connectivity index (χ2v) is 4.72. The van der Waals surface area contributed by atoms with E-state index in [9.17, 15) is 0 Å². The van der Waals surface area contributed by atoms with Crippen molar-refractivity contribution in [2.45, 2.75) is 26.3 Å². The molecule has 0 saturated carbocycles. The molecule has 0 spiro atoms. The van der Waals surface area contributed by atoms with Crippen LogP contribution in [0.15, 0.2) is 10.5 Å². The predicted octanol–water partition coefficient (Wildman–Crippen LogP) is 2.80. The zero-order valence-corrected chi connectivity index (χ0v) is 11.1. The number of hydrogen-bond donors (Lipinski definition) is 1. The number of rotatable bonds is 2. The summed E-state index contributed by atoms with van der Waals surface area (Å²) < 4.78 is 12.2. The Bertz CT molecular complexity index is 404. The summed E-state index contributed by atoms with van der Waals surface area (Å²) in [6.07, 6.45) is 0.925. The third-order valence-corrected chi connectivity index (χ3v) is 3.59. The van der Waals surface area contributed by atoms with Crippen LogP contribution in [0, 0.1) is 0 Å². The Kier molecular flexibility index (Phi) is 3.40. The summed E-state index contributed by atoms with van der Waals surface area (Å²) in [7, 11) is 0. The molecular formula is C12H16BrNO2. The van der Waals surface area contributed by atoms with Crippen LogP contribution in [0.5, 0.6) is 11.5 Å². The lowest BCUT2D eigenvalue weighted by Gasteiger charge is -2.24. The Morgan fingerprint density at radius 3 is 2.75 bits per heavy atom. The van der Waals surface area contributed by atoms with Crippen LogP contribution in [0.4, 0.5) is 0 Å². The van der Waals surface area contributed by atoms with Gasteiger partial charge in [-0.15, -0.1) is 0 Å². The van der Waals surface area contributed by atoms with E-state index in [4.69, 9.17) is 15.2 Å². The zero-order valence-electron chi connectivity index (χ0n) is 9.55. The van der Waals surface area contributed by atoms with Gasteiger partial charge >= 0.3 is 0 Å². The minimum atomic E-state index is 0.00192. The molecule has 2 rings (SSSR count). The molecule has 0 radical (unpaired) electrons. The fourth-order valence-electron chi connectivity index (χ4n) is 1.97. The molecule has 2 N–H and O–H groups in total. The molecule has 4 heteroatoms. The third kappa shape index (κ3) is 1.92. The first kappa shape index (κ1) is 11.7. The normalized spacial score (nSPS) is 16.0. The number of fused-ring (bicyclic) bond motifs is 1. The second-order valence-electron chi connectivity index (χ2n) is 3.92. The van der Waals surface area contributed by atoms with Gasteiger partial charge in [0.05, 0.1) is 4.47 Å². The van der Waals surface area contributed by atoms with Gasteiger partial charge in [0.15, 0.2) is 11.5 Å². The molecule has 88 valence electrons. The lowest BCUT2D eigenvalue weighted by atomic mass is 9.99. The fraction of sp³-hybridized carbons (Fsp3) is 0.500. The number of benzene rings is 1. The van der Waals surface area contributed by atoms with Crippen LogP contribution in [0.3, 0.4) is 0 Å². The summed E-state index contributed by atoms with van der Waals surface area (Å²) in [4.78, 5) is 0. The first-order valence-corrected chi connectivity index (χ1v) is 6.30. The highest BCUT2D eigenvalue weighted by Crippen LogP contribution is 2.42. The Morgan fingerprint density at radius 2 is 2.12 bits per heavy atom. The van der Waals surface area contributed by atoms with Crippen LogP contribution >= 0.6 is 15.9 Å². The van der Waals surface area contributed by atoms with Crippen molar-refractivity contribution in [2.24, 2.45) is 5.73 Å². The monoisotopic (exact) mass is 285 g/mol. The number of ether oxygens (including phenoxy) is 2. The molecule has 0 saturated heterocycles. The van der Waals surface area contributed by atoms with Crippen LogP contribution in [-0.4, -0.2) is 13.2 Å². The Hall–Kier alpha value is -0.740. The van der Waals surface area contributed by atoms with E-state index in [0.29, 0.717) is 13.2 Å². The maximum Gasteiger partial charge on any atom is 0.175 e. The zero-order chi connectivity index (χ0) is 11.7. The van der Waals surface area contributed by atoms with Gasteiger partial charge in [-0.2, -0.15) is 0 Å². The van der Waals surface area contributed by atoms with Gasteiger partial charge in [0.2, 0.25) is 0 Å². The van der Waals surface area contributed by atoms with Crippen molar-refractivity contribution in [3.05, 3.63) is 21.7 Å². The molecular weight excluding hydrogens is 270 g/mol.